The van der Waals surface area contributed by atoms with Crippen LogP contribution in [0.25, 0.3) is 0 Å². The fourth-order valence-electron chi connectivity index (χ4n) is 4.22. The molecule has 1 atom stereocenters. The van der Waals surface area contributed by atoms with E-state index >= 15 is 0 Å². The summed E-state index contributed by atoms with van der Waals surface area (Å²) in [5, 5.41) is 2.49. The number of amides is 2. The van der Waals surface area contributed by atoms with Gasteiger partial charge in [0, 0.05) is 13.1 Å². The van der Waals surface area contributed by atoms with E-state index in [9.17, 15) is 31.2 Å². The maximum absolute atomic E-state index is 13.9. The molecule has 0 aliphatic carbocycles. The minimum atomic E-state index is -4.79. The Hall–Kier alpha value is -3.57. The number of rotatable bonds is 13. The standard InChI is InChI=1S/C30H33ClF3N3O4S/c1-3-4-18-35-29(39)22(2)36(19-17-23-11-7-5-8-12-23)28(38)21-37(42(40,41)25-13-9-6-10-14-25)27-20-24(30(32,33)34)15-16-26(27)31/h5-16,20,22H,3-4,17-19,21H2,1-2H3,(H,35,39). The van der Waals surface area contributed by atoms with Gasteiger partial charge in [-0.2, -0.15) is 13.2 Å². The molecule has 0 fully saturated rings. The molecule has 0 aromatic heterocycles. The van der Waals surface area contributed by atoms with Crippen LogP contribution in [0.4, 0.5) is 18.9 Å². The summed E-state index contributed by atoms with van der Waals surface area (Å²) in [5.41, 5.74) is -0.762. The number of halogens is 4. The van der Waals surface area contributed by atoms with E-state index in [1.54, 1.807) is 6.07 Å². The lowest BCUT2D eigenvalue weighted by molar-refractivity contribution is -0.138. The van der Waals surface area contributed by atoms with E-state index in [-0.39, 0.29) is 16.5 Å². The Labute approximate surface area is 249 Å². The van der Waals surface area contributed by atoms with E-state index in [0.717, 1.165) is 30.5 Å². The van der Waals surface area contributed by atoms with Crippen LogP contribution in [0.5, 0.6) is 0 Å². The van der Waals surface area contributed by atoms with Crippen molar-refractivity contribution < 1.29 is 31.2 Å². The number of benzene rings is 3. The summed E-state index contributed by atoms with van der Waals surface area (Å²) in [7, 11) is -4.56. The van der Waals surface area contributed by atoms with Gasteiger partial charge in [-0.25, -0.2) is 8.42 Å². The number of nitrogens with one attached hydrogen (secondary N) is 1. The molecule has 2 amide bonds. The van der Waals surface area contributed by atoms with Crippen molar-refractivity contribution in [2.45, 2.75) is 50.2 Å². The smallest absolute Gasteiger partial charge is 0.354 e. The maximum atomic E-state index is 13.9. The average Bonchev–Trinajstić information content (AvgIpc) is 2.96. The van der Waals surface area contributed by atoms with Gasteiger partial charge in [-0.15, -0.1) is 0 Å². The highest BCUT2D eigenvalue weighted by atomic mass is 35.5. The Bertz CT molecular complexity index is 1460. The third-order valence-corrected chi connectivity index (χ3v) is 8.73. The predicted octanol–water partition coefficient (Wildman–Crippen LogP) is 5.93. The molecule has 7 nitrogen and oxygen atoms in total. The van der Waals surface area contributed by atoms with Crippen LogP contribution in [-0.2, 0) is 32.2 Å². The molecule has 0 radical (unpaired) electrons. The Morgan fingerprint density at radius 2 is 1.60 bits per heavy atom. The minimum absolute atomic E-state index is 0.0563. The van der Waals surface area contributed by atoms with Gasteiger partial charge < -0.3 is 10.2 Å². The largest absolute Gasteiger partial charge is 0.416 e. The molecule has 42 heavy (non-hydrogen) atoms. The maximum Gasteiger partial charge on any atom is 0.416 e. The molecule has 3 rings (SSSR count). The highest BCUT2D eigenvalue weighted by Gasteiger charge is 2.36. The van der Waals surface area contributed by atoms with Crippen LogP contribution >= 0.6 is 11.6 Å². The van der Waals surface area contributed by atoms with Gasteiger partial charge in [-0.1, -0.05) is 73.5 Å². The summed E-state index contributed by atoms with van der Waals surface area (Å²) >= 11 is 6.26. The number of hydrogen-bond acceptors (Lipinski definition) is 4. The normalized spacial score (nSPS) is 12.4. The lowest BCUT2D eigenvalue weighted by Crippen LogP contribution is -2.52. The average molecular weight is 624 g/mol. The molecule has 0 heterocycles. The van der Waals surface area contributed by atoms with Crippen molar-refractivity contribution in [1.29, 1.82) is 0 Å². The topological polar surface area (TPSA) is 86.8 Å². The van der Waals surface area contributed by atoms with Crippen molar-refractivity contribution >= 4 is 39.1 Å². The number of carbonyl (C=O) groups is 2. The number of hydrogen-bond donors (Lipinski definition) is 1. The number of alkyl halides is 3. The van der Waals surface area contributed by atoms with Gasteiger partial charge in [0.15, 0.2) is 0 Å². The van der Waals surface area contributed by atoms with Crippen molar-refractivity contribution in [3.8, 4) is 0 Å². The van der Waals surface area contributed by atoms with E-state index < -0.39 is 51.9 Å². The Balaban J connectivity index is 2.04. The number of carbonyl (C=O) groups excluding carboxylic acids is 2. The van der Waals surface area contributed by atoms with Gasteiger partial charge in [0.2, 0.25) is 11.8 Å². The molecular formula is C30H33ClF3N3O4S. The Morgan fingerprint density at radius 1 is 0.976 bits per heavy atom. The first-order valence-electron chi connectivity index (χ1n) is 13.4. The molecule has 0 saturated heterocycles. The van der Waals surface area contributed by atoms with Gasteiger partial charge in [0.1, 0.15) is 12.6 Å². The first kappa shape index (κ1) is 32.9. The van der Waals surface area contributed by atoms with Gasteiger partial charge in [0.05, 0.1) is 21.2 Å². The lowest BCUT2D eigenvalue weighted by Gasteiger charge is -2.32. The summed E-state index contributed by atoms with van der Waals surface area (Å²) in [6.45, 7) is 3.05. The zero-order chi connectivity index (χ0) is 30.9. The third kappa shape index (κ3) is 8.48. The highest BCUT2D eigenvalue weighted by Crippen LogP contribution is 2.37. The van der Waals surface area contributed by atoms with E-state index in [4.69, 9.17) is 11.6 Å². The molecule has 0 saturated carbocycles. The SMILES string of the molecule is CCCCNC(=O)C(C)N(CCc1ccccc1)C(=O)CN(c1cc(C(F)(F)F)ccc1Cl)S(=O)(=O)c1ccccc1. The second kappa shape index (κ2) is 14.6. The Kier molecular flexibility index (Phi) is 11.4. The molecule has 0 aliphatic rings. The van der Waals surface area contributed by atoms with Crippen molar-refractivity contribution in [2.24, 2.45) is 0 Å². The molecule has 1 N–H and O–H groups in total. The van der Waals surface area contributed by atoms with E-state index in [0.29, 0.717) is 23.3 Å². The van der Waals surface area contributed by atoms with Crippen LogP contribution in [0.2, 0.25) is 5.02 Å². The molecule has 3 aromatic rings. The third-order valence-electron chi connectivity index (χ3n) is 6.63. The summed E-state index contributed by atoms with van der Waals surface area (Å²) < 4.78 is 69.0. The first-order chi connectivity index (χ1) is 19.9. The number of sulfonamides is 1. The molecule has 12 heteroatoms. The molecule has 0 bridgehead atoms. The second-order valence-electron chi connectivity index (χ2n) is 9.63. The molecule has 226 valence electrons. The molecule has 0 spiro atoms. The number of anilines is 1. The molecular weight excluding hydrogens is 591 g/mol. The fourth-order valence-corrected chi connectivity index (χ4v) is 5.93. The van der Waals surface area contributed by atoms with Gasteiger partial charge in [0.25, 0.3) is 10.0 Å². The van der Waals surface area contributed by atoms with E-state index in [2.05, 4.69) is 5.32 Å². The fraction of sp³-hybridized carbons (Fsp3) is 0.333. The van der Waals surface area contributed by atoms with Crippen LogP contribution in [0.15, 0.2) is 83.8 Å². The summed E-state index contributed by atoms with van der Waals surface area (Å²) in [4.78, 5) is 27.8. The molecule has 1 unspecified atom stereocenters. The van der Waals surface area contributed by atoms with Gasteiger partial charge in [-0.3, -0.25) is 13.9 Å². The zero-order valence-corrected chi connectivity index (χ0v) is 24.8. The lowest BCUT2D eigenvalue weighted by atomic mass is 10.1. The van der Waals surface area contributed by atoms with Crippen molar-refractivity contribution in [3.05, 3.63) is 95.0 Å². The predicted molar refractivity (Wildman–Crippen MR) is 157 cm³/mol. The van der Waals surface area contributed by atoms with Crippen LogP contribution in [0.1, 0.15) is 37.8 Å². The van der Waals surface area contributed by atoms with Crippen molar-refractivity contribution in [2.75, 3.05) is 23.9 Å². The van der Waals surface area contributed by atoms with E-state index in [1.807, 2.05) is 37.3 Å². The van der Waals surface area contributed by atoms with Gasteiger partial charge >= 0.3 is 6.18 Å². The Morgan fingerprint density at radius 3 is 2.19 bits per heavy atom. The van der Waals surface area contributed by atoms with Gasteiger partial charge in [-0.05, 0) is 55.7 Å². The summed E-state index contributed by atoms with van der Waals surface area (Å²) in [6.07, 6.45) is -2.86. The van der Waals surface area contributed by atoms with Crippen molar-refractivity contribution in [3.63, 3.8) is 0 Å². The number of unbranched alkanes of at least 4 members (excludes halogenated alkanes) is 1. The summed E-state index contributed by atoms with van der Waals surface area (Å²) in [6, 6.07) is 17.5. The van der Waals surface area contributed by atoms with Crippen molar-refractivity contribution in [1.82, 2.24) is 10.2 Å². The van der Waals surface area contributed by atoms with Crippen LogP contribution in [-0.4, -0.2) is 50.8 Å². The highest BCUT2D eigenvalue weighted by molar-refractivity contribution is 7.92. The van der Waals surface area contributed by atoms with Crippen LogP contribution in [0, 0.1) is 0 Å². The molecule has 3 aromatic carbocycles. The second-order valence-corrected chi connectivity index (χ2v) is 11.9. The monoisotopic (exact) mass is 623 g/mol. The molecule has 0 aliphatic heterocycles. The zero-order valence-electron chi connectivity index (χ0n) is 23.3. The minimum Gasteiger partial charge on any atom is -0.354 e. The number of nitrogens with zero attached hydrogens (tertiary/aromatic N) is 2. The van der Waals surface area contributed by atoms with Crippen LogP contribution < -0.4 is 9.62 Å². The quantitative estimate of drug-likeness (QED) is 0.239. The van der Waals surface area contributed by atoms with Crippen LogP contribution in [0.3, 0.4) is 0 Å². The summed E-state index contributed by atoms with van der Waals surface area (Å²) in [5.74, 6) is -1.21. The van der Waals surface area contributed by atoms with E-state index in [1.165, 1.54) is 36.1 Å². The first-order valence-corrected chi connectivity index (χ1v) is 15.2.